The minimum atomic E-state index is -1.23. The Labute approximate surface area is 201 Å². The van der Waals surface area contributed by atoms with Crippen molar-refractivity contribution in [1.29, 1.82) is 0 Å². The van der Waals surface area contributed by atoms with Crippen molar-refractivity contribution in [3.63, 3.8) is 0 Å². The first-order valence-corrected chi connectivity index (χ1v) is 12.2. The third-order valence-electron chi connectivity index (χ3n) is 5.83. The van der Waals surface area contributed by atoms with E-state index < -0.39 is 16.6 Å². The maximum atomic E-state index is 11.2. The standard InChI is InChI=1S/C26H36N4O4/c1-3-4-5-6-7-8-9-10-11-12-19-29(2)23-16-14-22(15-17-23)27-28-24-18-13-21(26(31)32)20-25(24)30(33)34/h13-18,20H,3-12,19H2,1-2H3,(H,31,32)/b28-27+. The normalized spacial score (nSPS) is 11.1. The van der Waals surface area contributed by atoms with Crippen molar-refractivity contribution in [2.24, 2.45) is 10.2 Å². The van der Waals surface area contributed by atoms with E-state index in [4.69, 9.17) is 5.11 Å². The summed E-state index contributed by atoms with van der Waals surface area (Å²) in [5, 5.41) is 28.3. The van der Waals surface area contributed by atoms with Gasteiger partial charge in [0.15, 0.2) is 5.69 Å². The van der Waals surface area contributed by atoms with E-state index in [2.05, 4.69) is 29.1 Å². The van der Waals surface area contributed by atoms with Crippen LogP contribution in [0, 0.1) is 10.1 Å². The molecule has 0 unspecified atom stereocenters. The molecule has 0 heterocycles. The summed E-state index contributed by atoms with van der Waals surface area (Å²) < 4.78 is 0. The minimum absolute atomic E-state index is 0.0113. The number of nitrogens with zero attached hydrogens (tertiary/aromatic N) is 4. The van der Waals surface area contributed by atoms with Crippen molar-refractivity contribution in [3.05, 3.63) is 58.1 Å². The summed E-state index contributed by atoms with van der Waals surface area (Å²) >= 11 is 0. The van der Waals surface area contributed by atoms with Gasteiger partial charge in [-0.25, -0.2) is 4.79 Å². The zero-order valence-electron chi connectivity index (χ0n) is 20.3. The van der Waals surface area contributed by atoms with Gasteiger partial charge in [-0.1, -0.05) is 64.7 Å². The Morgan fingerprint density at radius 1 is 0.912 bits per heavy atom. The molecule has 0 aliphatic heterocycles. The van der Waals surface area contributed by atoms with Crippen molar-refractivity contribution in [2.45, 2.75) is 71.1 Å². The Bertz CT molecular complexity index is 944. The summed E-state index contributed by atoms with van der Waals surface area (Å²) in [4.78, 5) is 23.8. The van der Waals surface area contributed by atoms with Crippen LogP contribution in [0.25, 0.3) is 0 Å². The van der Waals surface area contributed by atoms with E-state index in [1.165, 1.54) is 69.9 Å². The summed E-state index contributed by atoms with van der Waals surface area (Å²) in [6.45, 7) is 3.23. The molecular weight excluding hydrogens is 432 g/mol. The predicted octanol–water partition coefficient (Wildman–Crippen LogP) is 8.07. The van der Waals surface area contributed by atoms with E-state index in [9.17, 15) is 14.9 Å². The number of nitro benzene ring substituents is 1. The molecule has 0 aliphatic carbocycles. The number of hydrogen-bond donors (Lipinski definition) is 1. The Hall–Kier alpha value is -3.29. The van der Waals surface area contributed by atoms with E-state index in [1.54, 1.807) is 0 Å². The van der Waals surface area contributed by atoms with Crippen LogP contribution in [-0.4, -0.2) is 29.6 Å². The second-order valence-electron chi connectivity index (χ2n) is 8.59. The zero-order chi connectivity index (χ0) is 24.8. The lowest BCUT2D eigenvalue weighted by Gasteiger charge is -2.19. The Balaban J connectivity index is 1.79. The van der Waals surface area contributed by atoms with Gasteiger partial charge < -0.3 is 10.0 Å². The van der Waals surface area contributed by atoms with E-state index in [-0.39, 0.29) is 11.3 Å². The monoisotopic (exact) mass is 468 g/mol. The molecule has 0 amide bonds. The second-order valence-corrected chi connectivity index (χ2v) is 8.59. The van der Waals surface area contributed by atoms with Gasteiger partial charge in [0.1, 0.15) is 0 Å². The Morgan fingerprint density at radius 2 is 1.50 bits per heavy atom. The van der Waals surface area contributed by atoms with Crippen LogP contribution in [0.4, 0.5) is 22.7 Å². The fourth-order valence-electron chi connectivity index (χ4n) is 3.74. The molecule has 184 valence electrons. The van der Waals surface area contributed by atoms with Gasteiger partial charge in [0.25, 0.3) is 5.69 Å². The highest BCUT2D eigenvalue weighted by Gasteiger charge is 2.17. The highest BCUT2D eigenvalue weighted by molar-refractivity contribution is 5.89. The third kappa shape index (κ3) is 9.29. The van der Waals surface area contributed by atoms with E-state index in [0.717, 1.165) is 24.7 Å². The average Bonchev–Trinajstić information content (AvgIpc) is 2.83. The topological polar surface area (TPSA) is 108 Å². The molecule has 0 radical (unpaired) electrons. The number of rotatable bonds is 16. The molecule has 34 heavy (non-hydrogen) atoms. The van der Waals surface area contributed by atoms with E-state index >= 15 is 0 Å². The number of carbonyl (C=O) groups is 1. The van der Waals surface area contributed by atoms with Crippen LogP contribution < -0.4 is 4.90 Å². The molecule has 2 aromatic carbocycles. The molecule has 0 saturated heterocycles. The van der Waals surface area contributed by atoms with Crippen molar-refractivity contribution in [2.75, 3.05) is 18.5 Å². The molecule has 0 bridgehead atoms. The van der Waals surface area contributed by atoms with E-state index in [1.807, 2.05) is 24.3 Å². The van der Waals surface area contributed by atoms with Crippen LogP contribution in [-0.2, 0) is 0 Å². The first kappa shape index (κ1) is 27.0. The molecule has 0 fully saturated rings. The number of anilines is 1. The average molecular weight is 469 g/mol. The van der Waals surface area contributed by atoms with Crippen LogP contribution >= 0.6 is 0 Å². The van der Waals surface area contributed by atoms with Crippen LogP contribution in [0.3, 0.4) is 0 Å². The van der Waals surface area contributed by atoms with Crippen molar-refractivity contribution in [1.82, 2.24) is 0 Å². The lowest BCUT2D eigenvalue weighted by Crippen LogP contribution is -2.18. The third-order valence-corrected chi connectivity index (χ3v) is 5.83. The fourth-order valence-corrected chi connectivity index (χ4v) is 3.74. The van der Waals surface area contributed by atoms with Crippen molar-refractivity contribution >= 4 is 28.7 Å². The first-order valence-electron chi connectivity index (χ1n) is 12.2. The molecule has 0 aliphatic rings. The molecule has 2 aromatic rings. The van der Waals surface area contributed by atoms with Gasteiger partial charge in [-0.15, -0.1) is 5.11 Å². The highest BCUT2D eigenvalue weighted by Crippen LogP contribution is 2.30. The predicted molar refractivity (Wildman–Crippen MR) is 136 cm³/mol. The van der Waals surface area contributed by atoms with Gasteiger partial charge in [-0.05, 0) is 42.8 Å². The quantitative estimate of drug-likeness (QED) is 0.116. The molecule has 8 nitrogen and oxygen atoms in total. The molecule has 0 spiro atoms. The molecular formula is C26H36N4O4. The fraction of sp³-hybridized carbons (Fsp3) is 0.500. The van der Waals surface area contributed by atoms with Crippen molar-refractivity contribution < 1.29 is 14.8 Å². The van der Waals surface area contributed by atoms with Crippen LogP contribution in [0.2, 0.25) is 0 Å². The van der Waals surface area contributed by atoms with Crippen molar-refractivity contribution in [3.8, 4) is 0 Å². The van der Waals surface area contributed by atoms with Crippen LogP contribution in [0.1, 0.15) is 81.5 Å². The summed E-state index contributed by atoms with van der Waals surface area (Å²) in [6.07, 6.45) is 13.1. The number of azo groups is 1. The number of aromatic carboxylic acids is 1. The molecule has 8 heteroatoms. The SMILES string of the molecule is CCCCCCCCCCCCN(C)c1ccc(/N=N/c2ccc(C(=O)O)cc2[N+](=O)[O-])cc1. The molecule has 1 N–H and O–H groups in total. The van der Waals surface area contributed by atoms with Gasteiger partial charge in [0.2, 0.25) is 0 Å². The summed E-state index contributed by atoms with van der Waals surface area (Å²) in [6, 6.07) is 11.1. The number of carboxylic acids is 1. The Morgan fingerprint density at radius 3 is 2.06 bits per heavy atom. The first-order chi connectivity index (χ1) is 16.4. The van der Waals surface area contributed by atoms with E-state index in [0.29, 0.717) is 5.69 Å². The number of carboxylic acid groups (broad SMARTS) is 1. The van der Waals surface area contributed by atoms with Gasteiger partial charge in [0, 0.05) is 25.3 Å². The number of benzene rings is 2. The Kier molecular flexibility index (Phi) is 11.7. The van der Waals surface area contributed by atoms with Gasteiger partial charge >= 0.3 is 5.97 Å². The number of hydrogen-bond acceptors (Lipinski definition) is 6. The molecule has 0 saturated carbocycles. The largest absolute Gasteiger partial charge is 0.478 e. The zero-order valence-corrected chi connectivity index (χ0v) is 20.3. The maximum Gasteiger partial charge on any atom is 0.335 e. The minimum Gasteiger partial charge on any atom is -0.478 e. The maximum absolute atomic E-state index is 11.2. The molecule has 2 rings (SSSR count). The smallest absolute Gasteiger partial charge is 0.335 e. The lowest BCUT2D eigenvalue weighted by molar-refractivity contribution is -0.384. The van der Waals surface area contributed by atoms with Gasteiger partial charge in [-0.2, -0.15) is 5.11 Å². The molecule has 0 aromatic heterocycles. The highest BCUT2D eigenvalue weighted by atomic mass is 16.6. The summed E-state index contributed by atoms with van der Waals surface area (Å²) in [7, 11) is 2.07. The van der Waals surface area contributed by atoms with Gasteiger partial charge in [-0.3, -0.25) is 10.1 Å². The van der Waals surface area contributed by atoms with Crippen LogP contribution in [0.5, 0.6) is 0 Å². The summed E-state index contributed by atoms with van der Waals surface area (Å²) in [5.74, 6) is -1.23. The lowest BCUT2D eigenvalue weighted by atomic mass is 10.1. The summed E-state index contributed by atoms with van der Waals surface area (Å²) in [5.41, 5.74) is 1.09. The van der Waals surface area contributed by atoms with Gasteiger partial charge in [0.05, 0.1) is 16.2 Å². The second kappa shape index (κ2) is 14.8. The molecule has 0 atom stereocenters. The number of unbranched alkanes of at least 4 members (excludes halogenated alkanes) is 9. The van der Waals surface area contributed by atoms with Crippen LogP contribution in [0.15, 0.2) is 52.7 Å². The number of nitro groups is 1.